The van der Waals surface area contributed by atoms with Crippen molar-refractivity contribution in [3.8, 4) is 0 Å². The van der Waals surface area contributed by atoms with Gasteiger partial charge >= 0.3 is 5.97 Å². The van der Waals surface area contributed by atoms with Gasteiger partial charge in [0.15, 0.2) is 0 Å². The van der Waals surface area contributed by atoms with Gasteiger partial charge in [0.05, 0.1) is 0 Å². The van der Waals surface area contributed by atoms with Gasteiger partial charge in [0.25, 0.3) is 0 Å². The van der Waals surface area contributed by atoms with E-state index in [0.29, 0.717) is 0 Å². The fraction of sp³-hybridized carbons (Fsp3) is 0.833. The third-order valence-corrected chi connectivity index (χ3v) is 0.848. The third-order valence-electron chi connectivity index (χ3n) is 0.848. The van der Waals surface area contributed by atoms with Gasteiger partial charge in [-0.05, 0) is 6.42 Å². The molecule has 0 radical (unpaired) electrons. The van der Waals surface area contributed by atoms with E-state index in [-0.39, 0.29) is 5.97 Å². The first-order valence-electron chi connectivity index (χ1n) is 3.17. The molecule has 1 N–H and O–H groups in total. The summed E-state index contributed by atoms with van der Waals surface area (Å²) in [5.74, 6) is -0.286. The summed E-state index contributed by atoms with van der Waals surface area (Å²) in [7, 11) is 0. The Kier molecular flexibility index (Phi) is 5.21. The summed E-state index contributed by atoms with van der Waals surface area (Å²) < 4.78 is 0. The molecular weight excluding hydrogens is 118 g/mol. The average molecular weight is 131 g/mol. The molecule has 0 fully saturated rings. The number of rotatable bonds is 4. The summed E-state index contributed by atoms with van der Waals surface area (Å²) in [4.78, 5) is 14.6. The normalized spacial score (nSPS) is 9.11. The topological polar surface area (TPSA) is 38.3 Å². The first-order chi connectivity index (χ1) is 4.27. The van der Waals surface area contributed by atoms with Crippen LogP contribution in [0.5, 0.6) is 0 Å². The maximum Gasteiger partial charge on any atom is 0.321 e. The lowest BCUT2D eigenvalue weighted by Crippen LogP contribution is -2.18. The number of carbonyl (C=O) groups excluding carboxylic acids is 1. The molecule has 0 aromatic carbocycles. The molecule has 0 spiro atoms. The number of unbranched alkanes of at least 4 members (excludes halogenated alkanes) is 1. The lowest BCUT2D eigenvalue weighted by atomic mass is 10.3. The second-order valence-electron chi connectivity index (χ2n) is 1.84. The van der Waals surface area contributed by atoms with Crippen molar-refractivity contribution in [2.75, 3.05) is 6.54 Å². The first-order valence-corrected chi connectivity index (χ1v) is 3.17. The zero-order valence-corrected chi connectivity index (χ0v) is 5.94. The largest absolute Gasteiger partial charge is 0.371 e. The maximum absolute atomic E-state index is 10.1. The second-order valence-corrected chi connectivity index (χ2v) is 1.84. The Hall–Kier alpha value is -0.570. The van der Waals surface area contributed by atoms with Gasteiger partial charge in [-0.2, -0.15) is 5.48 Å². The smallest absolute Gasteiger partial charge is 0.321 e. The Morgan fingerprint density at radius 1 is 1.67 bits per heavy atom. The maximum atomic E-state index is 10.1. The number of nitrogens with one attached hydrogen (secondary N) is 1. The summed E-state index contributed by atoms with van der Waals surface area (Å²) in [6, 6.07) is 0. The molecule has 0 aromatic rings. The molecule has 0 bridgehead atoms. The van der Waals surface area contributed by atoms with Crippen molar-refractivity contribution in [1.82, 2.24) is 5.48 Å². The molecule has 0 aliphatic carbocycles. The van der Waals surface area contributed by atoms with Gasteiger partial charge in [0.1, 0.15) is 0 Å². The van der Waals surface area contributed by atoms with E-state index >= 15 is 0 Å². The minimum atomic E-state index is -0.286. The highest BCUT2D eigenvalue weighted by atomic mass is 16.7. The Morgan fingerprint density at radius 2 is 2.33 bits per heavy atom. The van der Waals surface area contributed by atoms with E-state index in [1.54, 1.807) is 0 Å². The van der Waals surface area contributed by atoms with E-state index in [2.05, 4.69) is 17.2 Å². The van der Waals surface area contributed by atoms with Crippen molar-refractivity contribution >= 4 is 5.97 Å². The zero-order chi connectivity index (χ0) is 7.11. The predicted octanol–water partition coefficient (Wildman–Crippen LogP) is 0.854. The molecule has 9 heavy (non-hydrogen) atoms. The highest BCUT2D eigenvalue weighted by Crippen LogP contribution is 1.81. The highest BCUT2D eigenvalue weighted by Gasteiger charge is 1.88. The zero-order valence-electron chi connectivity index (χ0n) is 5.94. The quantitative estimate of drug-likeness (QED) is 0.454. The summed E-state index contributed by atoms with van der Waals surface area (Å²) in [5, 5.41) is 0. The van der Waals surface area contributed by atoms with Crippen molar-refractivity contribution in [3.05, 3.63) is 0 Å². The Labute approximate surface area is 55.3 Å². The Bertz CT molecular complexity index is 83.1. The molecule has 0 aliphatic heterocycles. The average Bonchev–Trinajstić information content (AvgIpc) is 1.80. The molecule has 0 aliphatic rings. The van der Waals surface area contributed by atoms with E-state index in [9.17, 15) is 4.79 Å². The lowest BCUT2D eigenvalue weighted by Gasteiger charge is -1.99. The van der Waals surface area contributed by atoms with Gasteiger partial charge < -0.3 is 4.84 Å². The van der Waals surface area contributed by atoms with Gasteiger partial charge in [-0.25, -0.2) is 0 Å². The fourth-order valence-corrected chi connectivity index (χ4v) is 0.402. The van der Waals surface area contributed by atoms with E-state index in [1.807, 2.05) is 0 Å². The monoisotopic (exact) mass is 131 g/mol. The molecule has 0 aromatic heterocycles. The van der Waals surface area contributed by atoms with Crippen LogP contribution >= 0.6 is 0 Å². The molecule has 0 unspecified atom stereocenters. The summed E-state index contributed by atoms with van der Waals surface area (Å²) in [6.07, 6.45) is 2.14. The van der Waals surface area contributed by atoms with E-state index in [0.717, 1.165) is 19.4 Å². The highest BCUT2D eigenvalue weighted by molar-refractivity contribution is 5.65. The van der Waals surface area contributed by atoms with Crippen LogP contribution in [0.15, 0.2) is 0 Å². The van der Waals surface area contributed by atoms with Crippen LogP contribution in [0.1, 0.15) is 26.7 Å². The van der Waals surface area contributed by atoms with Crippen molar-refractivity contribution in [2.24, 2.45) is 0 Å². The standard InChI is InChI=1S/C6H13NO2/c1-3-4-5-7-9-6(2)8/h7H,3-5H2,1-2H3. The van der Waals surface area contributed by atoms with Crippen LogP contribution in [0.2, 0.25) is 0 Å². The first kappa shape index (κ1) is 8.43. The number of hydrogen-bond acceptors (Lipinski definition) is 3. The minimum absolute atomic E-state index is 0.286. The van der Waals surface area contributed by atoms with Gasteiger partial charge in [-0.3, -0.25) is 4.79 Å². The second kappa shape index (κ2) is 5.56. The molecular formula is C6H13NO2. The van der Waals surface area contributed by atoms with Crippen LogP contribution in [0.3, 0.4) is 0 Å². The molecule has 0 heterocycles. The van der Waals surface area contributed by atoms with E-state index in [1.165, 1.54) is 6.92 Å². The fourth-order valence-electron chi connectivity index (χ4n) is 0.402. The van der Waals surface area contributed by atoms with Crippen LogP contribution in [0, 0.1) is 0 Å². The summed E-state index contributed by atoms with van der Waals surface area (Å²) in [6.45, 7) is 4.20. The summed E-state index contributed by atoms with van der Waals surface area (Å²) in [5.41, 5.74) is 2.54. The van der Waals surface area contributed by atoms with Crippen LogP contribution in [0.4, 0.5) is 0 Å². The SMILES string of the molecule is CCCCNOC(C)=O. The molecule has 3 heteroatoms. The molecule has 0 atom stereocenters. The molecule has 0 amide bonds. The van der Waals surface area contributed by atoms with Gasteiger partial charge in [0.2, 0.25) is 0 Å². The van der Waals surface area contributed by atoms with Crippen molar-refractivity contribution < 1.29 is 9.63 Å². The van der Waals surface area contributed by atoms with Gasteiger partial charge in [-0.15, -0.1) is 0 Å². The lowest BCUT2D eigenvalue weighted by molar-refractivity contribution is -0.148. The summed E-state index contributed by atoms with van der Waals surface area (Å²) >= 11 is 0. The van der Waals surface area contributed by atoms with E-state index in [4.69, 9.17) is 0 Å². The minimum Gasteiger partial charge on any atom is -0.371 e. The Balaban J connectivity index is 2.83. The number of hydrogen-bond donors (Lipinski definition) is 1. The molecule has 0 rings (SSSR count). The molecule has 3 nitrogen and oxygen atoms in total. The van der Waals surface area contributed by atoms with Crippen molar-refractivity contribution in [2.45, 2.75) is 26.7 Å². The van der Waals surface area contributed by atoms with E-state index < -0.39 is 0 Å². The van der Waals surface area contributed by atoms with Crippen molar-refractivity contribution in [1.29, 1.82) is 0 Å². The van der Waals surface area contributed by atoms with Crippen LogP contribution in [-0.4, -0.2) is 12.5 Å². The third kappa shape index (κ3) is 7.43. The van der Waals surface area contributed by atoms with Gasteiger partial charge in [-0.1, -0.05) is 13.3 Å². The number of hydroxylamine groups is 1. The molecule has 0 saturated carbocycles. The van der Waals surface area contributed by atoms with Gasteiger partial charge in [0, 0.05) is 13.5 Å². The Morgan fingerprint density at radius 3 is 2.78 bits per heavy atom. The van der Waals surface area contributed by atoms with Crippen LogP contribution in [-0.2, 0) is 9.63 Å². The predicted molar refractivity (Wildman–Crippen MR) is 34.7 cm³/mol. The van der Waals surface area contributed by atoms with Crippen LogP contribution in [0.25, 0.3) is 0 Å². The van der Waals surface area contributed by atoms with Crippen molar-refractivity contribution in [3.63, 3.8) is 0 Å². The molecule has 0 saturated heterocycles. The van der Waals surface area contributed by atoms with Crippen LogP contribution < -0.4 is 5.48 Å². The molecule has 54 valence electrons. The number of carbonyl (C=O) groups is 1.